The van der Waals surface area contributed by atoms with Crippen LogP contribution in [0.25, 0.3) is 5.69 Å². The maximum atomic E-state index is 5.99. The maximum absolute atomic E-state index is 5.99. The fourth-order valence-corrected chi connectivity index (χ4v) is 1.79. The highest BCUT2D eigenvalue weighted by molar-refractivity contribution is 6.42. The van der Waals surface area contributed by atoms with Gasteiger partial charge in [-0.15, -0.1) is 0 Å². The van der Waals surface area contributed by atoms with Crippen molar-refractivity contribution in [1.82, 2.24) is 9.78 Å². The molecule has 2 nitrogen and oxygen atoms in total. The molecule has 0 atom stereocenters. The average molecular weight is 269 g/mol. The van der Waals surface area contributed by atoms with E-state index in [1.807, 2.05) is 29.1 Å². The topological polar surface area (TPSA) is 17.8 Å². The lowest BCUT2D eigenvalue weighted by Gasteiger charge is -2.14. The molecule has 0 fully saturated rings. The first-order valence-electron chi connectivity index (χ1n) is 5.39. The van der Waals surface area contributed by atoms with E-state index in [-0.39, 0.29) is 5.41 Å². The molecular formula is C13H14Cl2N2. The number of benzene rings is 1. The monoisotopic (exact) mass is 268 g/mol. The van der Waals surface area contributed by atoms with Crippen LogP contribution in [0.15, 0.2) is 30.5 Å². The van der Waals surface area contributed by atoms with Crippen LogP contribution >= 0.6 is 23.2 Å². The second kappa shape index (κ2) is 4.35. The quantitative estimate of drug-likeness (QED) is 0.746. The molecule has 17 heavy (non-hydrogen) atoms. The Morgan fingerprint density at radius 2 is 1.76 bits per heavy atom. The Balaban J connectivity index is 2.40. The molecule has 0 aliphatic rings. The number of hydrogen-bond donors (Lipinski definition) is 0. The van der Waals surface area contributed by atoms with Crippen LogP contribution in [0.5, 0.6) is 0 Å². The Kier molecular flexibility index (Phi) is 3.19. The molecule has 0 unspecified atom stereocenters. The molecule has 0 amide bonds. The van der Waals surface area contributed by atoms with Crippen LogP contribution in [0.2, 0.25) is 10.0 Å². The summed E-state index contributed by atoms with van der Waals surface area (Å²) in [5, 5.41) is 5.63. The van der Waals surface area contributed by atoms with Gasteiger partial charge in [0.15, 0.2) is 0 Å². The van der Waals surface area contributed by atoms with E-state index >= 15 is 0 Å². The van der Waals surface area contributed by atoms with E-state index in [9.17, 15) is 0 Å². The molecule has 2 rings (SSSR count). The summed E-state index contributed by atoms with van der Waals surface area (Å²) in [6.07, 6.45) is 1.93. The normalized spacial score (nSPS) is 11.8. The molecule has 0 saturated heterocycles. The summed E-state index contributed by atoms with van der Waals surface area (Å²) in [4.78, 5) is 0. The molecule has 1 heterocycles. The number of halogens is 2. The molecule has 0 aliphatic heterocycles. The van der Waals surface area contributed by atoms with Gasteiger partial charge in [-0.2, -0.15) is 5.10 Å². The second-order valence-corrected chi connectivity index (χ2v) is 5.81. The average Bonchev–Trinajstić information content (AvgIpc) is 2.70. The van der Waals surface area contributed by atoms with Crippen molar-refractivity contribution in [3.05, 3.63) is 46.2 Å². The number of aromatic nitrogens is 2. The van der Waals surface area contributed by atoms with Crippen LogP contribution in [0.1, 0.15) is 26.5 Å². The minimum atomic E-state index is 0.0431. The van der Waals surface area contributed by atoms with Crippen LogP contribution < -0.4 is 0 Å². The molecule has 4 heteroatoms. The summed E-state index contributed by atoms with van der Waals surface area (Å²) in [5.41, 5.74) is 2.00. The van der Waals surface area contributed by atoms with E-state index < -0.39 is 0 Å². The number of nitrogens with zero attached hydrogens (tertiary/aromatic N) is 2. The Hall–Kier alpha value is -0.990. The van der Waals surface area contributed by atoms with Gasteiger partial charge in [0.1, 0.15) is 0 Å². The van der Waals surface area contributed by atoms with Crippen molar-refractivity contribution in [1.29, 1.82) is 0 Å². The van der Waals surface area contributed by atoms with Crippen molar-refractivity contribution in [2.75, 3.05) is 0 Å². The SMILES string of the molecule is CC(C)(C)c1ccn(-c2ccc(Cl)c(Cl)c2)n1. The maximum Gasteiger partial charge on any atom is 0.0682 e. The molecule has 0 N–H and O–H groups in total. The fraction of sp³-hybridized carbons (Fsp3) is 0.308. The summed E-state index contributed by atoms with van der Waals surface area (Å²) in [6.45, 7) is 6.40. The first kappa shape index (κ1) is 12.5. The first-order valence-corrected chi connectivity index (χ1v) is 6.15. The van der Waals surface area contributed by atoms with E-state index in [0.29, 0.717) is 10.0 Å². The summed E-state index contributed by atoms with van der Waals surface area (Å²) in [6, 6.07) is 7.50. The van der Waals surface area contributed by atoms with Gasteiger partial charge in [-0.3, -0.25) is 0 Å². The van der Waals surface area contributed by atoms with Crippen molar-refractivity contribution in [3.63, 3.8) is 0 Å². The second-order valence-electron chi connectivity index (χ2n) is 4.99. The Morgan fingerprint density at radius 3 is 2.29 bits per heavy atom. The highest BCUT2D eigenvalue weighted by atomic mass is 35.5. The molecular weight excluding hydrogens is 255 g/mol. The third kappa shape index (κ3) is 2.64. The predicted octanol–water partition coefficient (Wildman–Crippen LogP) is 4.48. The lowest BCUT2D eigenvalue weighted by molar-refractivity contribution is 0.560. The van der Waals surface area contributed by atoms with E-state index in [4.69, 9.17) is 23.2 Å². The highest BCUT2D eigenvalue weighted by Gasteiger charge is 2.17. The van der Waals surface area contributed by atoms with Crippen molar-refractivity contribution >= 4 is 23.2 Å². The Labute approximate surface area is 111 Å². The number of rotatable bonds is 1. The number of hydrogen-bond acceptors (Lipinski definition) is 1. The highest BCUT2D eigenvalue weighted by Crippen LogP contribution is 2.25. The summed E-state index contributed by atoms with van der Waals surface area (Å²) < 4.78 is 1.81. The first-order chi connectivity index (χ1) is 7.88. The molecule has 1 aromatic carbocycles. The zero-order valence-electron chi connectivity index (χ0n) is 10.0. The minimum absolute atomic E-state index is 0.0431. The third-order valence-corrected chi connectivity index (χ3v) is 3.26. The lowest BCUT2D eigenvalue weighted by Crippen LogP contribution is -2.12. The molecule has 0 spiro atoms. The van der Waals surface area contributed by atoms with Crippen LogP contribution in [0.3, 0.4) is 0 Å². The summed E-state index contributed by atoms with van der Waals surface area (Å²) in [5.74, 6) is 0. The molecule has 0 aliphatic carbocycles. The molecule has 1 aromatic heterocycles. The van der Waals surface area contributed by atoms with Gasteiger partial charge in [0.2, 0.25) is 0 Å². The van der Waals surface area contributed by atoms with Gasteiger partial charge in [-0.05, 0) is 24.3 Å². The minimum Gasteiger partial charge on any atom is -0.241 e. The van der Waals surface area contributed by atoms with Crippen molar-refractivity contribution in [2.45, 2.75) is 26.2 Å². The van der Waals surface area contributed by atoms with Gasteiger partial charge in [-0.25, -0.2) is 4.68 Å². The zero-order valence-corrected chi connectivity index (χ0v) is 11.5. The van der Waals surface area contributed by atoms with Crippen molar-refractivity contribution in [2.24, 2.45) is 0 Å². The molecule has 2 aromatic rings. The fourth-order valence-electron chi connectivity index (χ4n) is 1.50. The van der Waals surface area contributed by atoms with E-state index in [2.05, 4.69) is 25.9 Å². The molecule has 0 radical (unpaired) electrons. The zero-order chi connectivity index (χ0) is 12.6. The third-order valence-electron chi connectivity index (χ3n) is 2.53. The van der Waals surface area contributed by atoms with Crippen LogP contribution in [-0.4, -0.2) is 9.78 Å². The predicted molar refractivity (Wildman–Crippen MR) is 72.3 cm³/mol. The van der Waals surface area contributed by atoms with Crippen LogP contribution in [-0.2, 0) is 5.41 Å². The van der Waals surface area contributed by atoms with Gasteiger partial charge >= 0.3 is 0 Å². The Bertz CT molecular complexity index is 539. The molecule has 90 valence electrons. The van der Waals surface area contributed by atoms with Gasteiger partial charge < -0.3 is 0 Å². The van der Waals surface area contributed by atoms with Crippen molar-refractivity contribution < 1.29 is 0 Å². The van der Waals surface area contributed by atoms with Crippen LogP contribution in [0, 0.1) is 0 Å². The largest absolute Gasteiger partial charge is 0.241 e. The summed E-state index contributed by atoms with van der Waals surface area (Å²) >= 11 is 11.9. The van der Waals surface area contributed by atoms with Gasteiger partial charge in [0.25, 0.3) is 0 Å². The van der Waals surface area contributed by atoms with E-state index in [1.54, 1.807) is 6.07 Å². The molecule has 0 bridgehead atoms. The van der Waals surface area contributed by atoms with Crippen molar-refractivity contribution in [3.8, 4) is 5.69 Å². The summed E-state index contributed by atoms with van der Waals surface area (Å²) in [7, 11) is 0. The van der Waals surface area contributed by atoms with Gasteiger partial charge in [0.05, 0.1) is 21.4 Å². The van der Waals surface area contributed by atoms with Gasteiger partial charge in [-0.1, -0.05) is 44.0 Å². The van der Waals surface area contributed by atoms with E-state index in [0.717, 1.165) is 11.4 Å². The van der Waals surface area contributed by atoms with Crippen LogP contribution in [0.4, 0.5) is 0 Å². The lowest BCUT2D eigenvalue weighted by atomic mass is 9.93. The Morgan fingerprint density at radius 1 is 1.06 bits per heavy atom. The molecule has 0 saturated carbocycles. The van der Waals surface area contributed by atoms with Gasteiger partial charge in [0, 0.05) is 11.6 Å². The smallest absolute Gasteiger partial charge is 0.0682 e. The van der Waals surface area contributed by atoms with E-state index in [1.165, 1.54) is 0 Å². The standard InChI is InChI=1S/C13H14Cl2N2/c1-13(2,3)12-6-7-17(16-12)9-4-5-10(14)11(15)8-9/h4-8H,1-3H3.